The Kier molecular flexibility index (Phi) is 3.97. The lowest BCUT2D eigenvalue weighted by atomic mass is 10.0. The largest absolute Gasteiger partial charge is 0.381 e. The lowest BCUT2D eigenvalue weighted by Gasteiger charge is -2.18. The van der Waals surface area contributed by atoms with Crippen LogP contribution in [0.1, 0.15) is 30.5 Å². The zero-order chi connectivity index (χ0) is 11.4. The van der Waals surface area contributed by atoms with Gasteiger partial charge in [-0.1, -0.05) is 24.3 Å². The van der Waals surface area contributed by atoms with E-state index in [0.29, 0.717) is 12.0 Å². The van der Waals surface area contributed by atoms with Gasteiger partial charge in [-0.2, -0.15) is 0 Å². The predicted molar refractivity (Wildman–Crippen MR) is 66.5 cm³/mol. The summed E-state index contributed by atoms with van der Waals surface area (Å²) in [4.78, 5) is 0. The summed E-state index contributed by atoms with van der Waals surface area (Å²) in [5, 5.41) is 3.60. The van der Waals surface area contributed by atoms with Crippen molar-refractivity contribution in [2.75, 3.05) is 19.8 Å². The lowest BCUT2D eigenvalue weighted by Crippen LogP contribution is -2.26. The molecule has 1 aliphatic heterocycles. The second-order valence-electron chi connectivity index (χ2n) is 4.72. The van der Waals surface area contributed by atoms with Gasteiger partial charge in [-0.25, -0.2) is 0 Å². The maximum atomic E-state index is 5.38. The molecule has 0 spiro atoms. The molecule has 2 nitrogen and oxygen atoms in total. The summed E-state index contributed by atoms with van der Waals surface area (Å²) in [5.74, 6) is 0.700. The molecule has 1 heterocycles. The molecule has 16 heavy (non-hydrogen) atoms. The van der Waals surface area contributed by atoms with Gasteiger partial charge < -0.3 is 10.1 Å². The average Bonchev–Trinajstić information content (AvgIpc) is 2.79. The van der Waals surface area contributed by atoms with Gasteiger partial charge >= 0.3 is 0 Å². The van der Waals surface area contributed by atoms with Crippen molar-refractivity contribution in [3.8, 4) is 0 Å². The van der Waals surface area contributed by atoms with Crippen molar-refractivity contribution in [3.05, 3.63) is 35.4 Å². The fraction of sp³-hybridized carbons (Fsp3) is 0.571. The second kappa shape index (κ2) is 5.46. The summed E-state index contributed by atoms with van der Waals surface area (Å²) in [7, 11) is 0. The molecule has 2 atom stereocenters. The topological polar surface area (TPSA) is 21.3 Å². The number of ether oxygens (including phenoxy) is 1. The summed E-state index contributed by atoms with van der Waals surface area (Å²) in [5.41, 5.74) is 2.77. The number of hydrogen-bond acceptors (Lipinski definition) is 2. The van der Waals surface area contributed by atoms with E-state index in [0.717, 1.165) is 19.8 Å². The van der Waals surface area contributed by atoms with E-state index in [1.807, 2.05) is 0 Å². The van der Waals surface area contributed by atoms with Crippen molar-refractivity contribution in [2.24, 2.45) is 5.92 Å². The molecule has 1 N–H and O–H groups in total. The molecule has 1 aromatic rings. The molecule has 0 bridgehead atoms. The van der Waals surface area contributed by atoms with E-state index in [1.165, 1.54) is 17.5 Å². The van der Waals surface area contributed by atoms with Crippen LogP contribution in [0.15, 0.2) is 24.3 Å². The first-order valence-electron chi connectivity index (χ1n) is 6.14. The van der Waals surface area contributed by atoms with Crippen LogP contribution >= 0.6 is 0 Å². The summed E-state index contributed by atoms with van der Waals surface area (Å²) in [6.07, 6.45) is 1.20. The number of benzene rings is 1. The molecular formula is C14H21NO. The van der Waals surface area contributed by atoms with E-state index in [4.69, 9.17) is 4.74 Å². The Morgan fingerprint density at radius 2 is 2.25 bits per heavy atom. The Bertz CT molecular complexity index is 331. The highest BCUT2D eigenvalue weighted by molar-refractivity contribution is 5.28. The molecule has 1 saturated heterocycles. The molecule has 1 fully saturated rings. The molecule has 1 aromatic carbocycles. The van der Waals surface area contributed by atoms with Crippen LogP contribution in [-0.2, 0) is 4.74 Å². The van der Waals surface area contributed by atoms with Gasteiger partial charge in [0, 0.05) is 19.2 Å². The van der Waals surface area contributed by atoms with E-state index in [-0.39, 0.29) is 0 Å². The quantitative estimate of drug-likeness (QED) is 0.840. The number of hydrogen-bond donors (Lipinski definition) is 1. The highest BCUT2D eigenvalue weighted by Crippen LogP contribution is 2.18. The summed E-state index contributed by atoms with van der Waals surface area (Å²) < 4.78 is 5.38. The van der Waals surface area contributed by atoms with Crippen molar-refractivity contribution in [3.63, 3.8) is 0 Å². The van der Waals surface area contributed by atoms with Gasteiger partial charge in [0.25, 0.3) is 0 Å². The second-order valence-corrected chi connectivity index (χ2v) is 4.72. The fourth-order valence-electron chi connectivity index (χ4n) is 2.27. The van der Waals surface area contributed by atoms with Crippen molar-refractivity contribution in [2.45, 2.75) is 26.3 Å². The van der Waals surface area contributed by atoms with Gasteiger partial charge in [0.2, 0.25) is 0 Å². The van der Waals surface area contributed by atoms with E-state index in [1.54, 1.807) is 0 Å². The standard InChI is InChI=1S/C14H21NO/c1-11-5-3-4-6-14(11)12(2)15-9-13-7-8-16-10-13/h3-6,12-13,15H,7-10H2,1-2H3/t12-,13?/m0/s1. The maximum Gasteiger partial charge on any atom is 0.0507 e. The smallest absolute Gasteiger partial charge is 0.0507 e. The Morgan fingerprint density at radius 1 is 1.44 bits per heavy atom. The molecule has 2 heteroatoms. The van der Waals surface area contributed by atoms with Crippen LogP contribution in [0.5, 0.6) is 0 Å². The van der Waals surface area contributed by atoms with Crippen molar-refractivity contribution in [1.29, 1.82) is 0 Å². The third-order valence-corrected chi connectivity index (χ3v) is 3.39. The average molecular weight is 219 g/mol. The molecule has 0 aromatic heterocycles. The fourth-order valence-corrected chi connectivity index (χ4v) is 2.27. The Balaban J connectivity index is 1.87. The minimum atomic E-state index is 0.432. The van der Waals surface area contributed by atoms with Gasteiger partial charge in [0.05, 0.1) is 6.61 Å². The molecule has 0 saturated carbocycles. The Labute approximate surface area is 98.0 Å². The number of aryl methyl sites for hydroxylation is 1. The molecule has 1 aliphatic rings. The van der Waals surface area contributed by atoms with E-state index in [2.05, 4.69) is 43.4 Å². The third-order valence-electron chi connectivity index (χ3n) is 3.39. The molecule has 0 amide bonds. The number of rotatable bonds is 4. The molecule has 88 valence electrons. The minimum absolute atomic E-state index is 0.432. The van der Waals surface area contributed by atoms with Crippen molar-refractivity contribution in [1.82, 2.24) is 5.32 Å². The molecule has 2 rings (SSSR count). The highest BCUT2D eigenvalue weighted by Gasteiger charge is 2.16. The zero-order valence-corrected chi connectivity index (χ0v) is 10.2. The van der Waals surface area contributed by atoms with Crippen LogP contribution in [0.2, 0.25) is 0 Å². The van der Waals surface area contributed by atoms with E-state index < -0.39 is 0 Å². The normalized spacial score (nSPS) is 22.2. The van der Waals surface area contributed by atoms with Crippen LogP contribution < -0.4 is 5.32 Å². The SMILES string of the molecule is Cc1ccccc1[C@H](C)NCC1CCOC1. The zero-order valence-electron chi connectivity index (χ0n) is 10.2. The molecule has 0 aliphatic carbocycles. The van der Waals surface area contributed by atoms with Gasteiger partial charge in [-0.3, -0.25) is 0 Å². The number of nitrogens with one attached hydrogen (secondary N) is 1. The van der Waals surface area contributed by atoms with Crippen LogP contribution in [-0.4, -0.2) is 19.8 Å². The van der Waals surface area contributed by atoms with Crippen LogP contribution in [0.25, 0.3) is 0 Å². The van der Waals surface area contributed by atoms with Gasteiger partial charge in [0.1, 0.15) is 0 Å². The van der Waals surface area contributed by atoms with Crippen LogP contribution in [0, 0.1) is 12.8 Å². The summed E-state index contributed by atoms with van der Waals surface area (Å²) in [6, 6.07) is 9.02. The monoisotopic (exact) mass is 219 g/mol. The van der Waals surface area contributed by atoms with E-state index >= 15 is 0 Å². The van der Waals surface area contributed by atoms with Gasteiger partial charge in [-0.15, -0.1) is 0 Å². The maximum absolute atomic E-state index is 5.38. The van der Waals surface area contributed by atoms with Crippen LogP contribution in [0.3, 0.4) is 0 Å². The molecule has 0 radical (unpaired) electrons. The van der Waals surface area contributed by atoms with Gasteiger partial charge in [-0.05, 0) is 37.3 Å². The van der Waals surface area contributed by atoms with Crippen molar-refractivity contribution < 1.29 is 4.74 Å². The summed E-state index contributed by atoms with van der Waals surface area (Å²) >= 11 is 0. The van der Waals surface area contributed by atoms with E-state index in [9.17, 15) is 0 Å². The first-order chi connectivity index (χ1) is 7.77. The first kappa shape index (κ1) is 11.6. The third kappa shape index (κ3) is 2.83. The molecular weight excluding hydrogens is 198 g/mol. The Hall–Kier alpha value is -0.860. The predicted octanol–water partition coefficient (Wildman–Crippen LogP) is 2.68. The first-order valence-corrected chi connectivity index (χ1v) is 6.14. The van der Waals surface area contributed by atoms with Crippen molar-refractivity contribution >= 4 is 0 Å². The Morgan fingerprint density at radius 3 is 2.94 bits per heavy atom. The highest BCUT2D eigenvalue weighted by atomic mass is 16.5. The van der Waals surface area contributed by atoms with Gasteiger partial charge in [0.15, 0.2) is 0 Å². The summed E-state index contributed by atoms with van der Waals surface area (Å²) in [6.45, 7) is 7.33. The molecule has 1 unspecified atom stereocenters. The minimum Gasteiger partial charge on any atom is -0.381 e. The van der Waals surface area contributed by atoms with Crippen LogP contribution in [0.4, 0.5) is 0 Å². The lowest BCUT2D eigenvalue weighted by molar-refractivity contribution is 0.184.